The van der Waals surface area contributed by atoms with Gasteiger partial charge in [-0.1, -0.05) is 37.3 Å². The van der Waals surface area contributed by atoms with E-state index in [1.165, 1.54) is 32.1 Å². The van der Waals surface area contributed by atoms with Crippen LogP contribution in [-0.4, -0.2) is 34.0 Å². The van der Waals surface area contributed by atoms with Crippen molar-refractivity contribution >= 4 is 17.2 Å². The van der Waals surface area contributed by atoms with E-state index < -0.39 is 0 Å². The third-order valence-electron chi connectivity index (χ3n) is 6.07. The van der Waals surface area contributed by atoms with Crippen molar-refractivity contribution in [2.45, 2.75) is 64.2 Å². The van der Waals surface area contributed by atoms with Crippen molar-refractivity contribution in [2.24, 2.45) is 11.8 Å². The summed E-state index contributed by atoms with van der Waals surface area (Å²) in [6.07, 6.45) is 11.5. The number of piperidine rings is 1. The van der Waals surface area contributed by atoms with Crippen LogP contribution in [0.2, 0.25) is 0 Å². The van der Waals surface area contributed by atoms with Crippen molar-refractivity contribution in [3.8, 4) is 11.4 Å². The standard InChI is InChI=1S/C21H29N3O2S/c25-20(9-8-16-5-2-1-3-6-16)24-11-4-7-17(14-24)13-19-22-21(23-26-19)18-10-12-27-15-18/h10,12,15-17H,1-9,11,13-14H2. The molecule has 2 aromatic rings. The minimum atomic E-state index is 0.342. The number of carbonyl (C=O) groups is 1. The second kappa shape index (κ2) is 9.00. The molecular weight excluding hydrogens is 358 g/mol. The minimum Gasteiger partial charge on any atom is -0.342 e. The van der Waals surface area contributed by atoms with Gasteiger partial charge in [-0.2, -0.15) is 16.3 Å². The number of hydrogen-bond acceptors (Lipinski definition) is 5. The van der Waals surface area contributed by atoms with Crippen LogP contribution in [-0.2, 0) is 11.2 Å². The van der Waals surface area contributed by atoms with Gasteiger partial charge < -0.3 is 9.42 Å². The maximum Gasteiger partial charge on any atom is 0.227 e. The summed E-state index contributed by atoms with van der Waals surface area (Å²) in [4.78, 5) is 19.3. The normalized spacial score (nSPS) is 21.5. The summed E-state index contributed by atoms with van der Waals surface area (Å²) < 4.78 is 5.45. The van der Waals surface area contributed by atoms with E-state index in [2.05, 4.69) is 15.0 Å². The van der Waals surface area contributed by atoms with E-state index in [9.17, 15) is 4.79 Å². The van der Waals surface area contributed by atoms with Crippen LogP contribution >= 0.6 is 11.3 Å². The Bertz CT molecular complexity index is 722. The minimum absolute atomic E-state index is 0.342. The zero-order chi connectivity index (χ0) is 18.5. The summed E-state index contributed by atoms with van der Waals surface area (Å²) in [5.74, 6) is 2.90. The highest BCUT2D eigenvalue weighted by molar-refractivity contribution is 7.08. The molecule has 4 rings (SSSR count). The van der Waals surface area contributed by atoms with Crippen LogP contribution in [0, 0.1) is 11.8 Å². The average Bonchev–Trinajstić information content (AvgIpc) is 3.39. The van der Waals surface area contributed by atoms with E-state index in [-0.39, 0.29) is 0 Å². The van der Waals surface area contributed by atoms with Gasteiger partial charge in [-0.25, -0.2) is 0 Å². The molecule has 1 aliphatic carbocycles. The Balaban J connectivity index is 1.27. The molecule has 146 valence electrons. The Morgan fingerprint density at radius 1 is 1.19 bits per heavy atom. The summed E-state index contributed by atoms with van der Waals surface area (Å²) >= 11 is 1.63. The molecular formula is C21H29N3O2S. The zero-order valence-electron chi connectivity index (χ0n) is 15.9. The lowest BCUT2D eigenvalue weighted by molar-refractivity contribution is -0.133. The molecule has 0 N–H and O–H groups in total. The molecule has 1 saturated carbocycles. The molecule has 6 heteroatoms. The van der Waals surface area contributed by atoms with E-state index in [0.717, 1.165) is 56.7 Å². The third-order valence-corrected chi connectivity index (χ3v) is 6.76. The summed E-state index contributed by atoms with van der Waals surface area (Å²) in [5.41, 5.74) is 1.01. The third kappa shape index (κ3) is 4.98. The molecule has 1 atom stereocenters. The molecule has 1 unspecified atom stereocenters. The van der Waals surface area contributed by atoms with Gasteiger partial charge in [0.25, 0.3) is 0 Å². The summed E-state index contributed by atoms with van der Waals surface area (Å²) in [5, 5.41) is 8.15. The highest BCUT2D eigenvalue weighted by atomic mass is 32.1. The fraction of sp³-hybridized carbons (Fsp3) is 0.667. The number of thiophene rings is 1. The van der Waals surface area contributed by atoms with Crippen LogP contribution in [0.25, 0.3) is 11.4 Å². The topological polar surface area (TPSA) is 59.2 Å². The van der Waals surface area contributed by atoms with Crippen molar-refractivity contribution in [3.05, 3.63) is 22.7 Å². The van der Waals surface area contributed by atoms with Crippen LogP contribution in [0.4, 0.5) is 0 Å². The van der Waals surface area contributed by atoms with E-state index >= 15 is 0 Å². The molecule has 2 aromatic heterocycles. The molecule has 3 heterocycles. The number of likely N-dealkylation sites (tertiary alicyclic amines) is 1. The Hall–Kier alpha value is -1.69. The van der Waals surface area contributed by atoms with E-state index in [0.29, 0.717) is 23.5 Å². The molecule has 0 aromatic carbocycles. The number of hydrogen-bond donors (Lipinski definition) is 0. The first-order valence-corrected chi connectivity index (χ1v) is 11.3. The van der Waals surface area contributed by atoms with Gasteiger partial charge in [-0.05, 0) is 42.5 Å². The van der Waals surface area contributed by atoms with Crippen molar-refractivity contribution in [3.63, 3.8) is 0 Å². The van der Waals surface area contributed by atoms with Gasteiger partial charge in [0.05, 0.1) is 0 Å². The van der Waals surface area contributed by atoms with E-state index in [1.807, 2.05) is 16.8 Å². The van der Waals surface area contributed by atoms with Crippen molar-refractivity contribution in [2.75, 3.05) is 13.1 Å². The lowest BCUT2D eigenvalue weighted by Crippen LogP contribution is -2.40. The largest absolute Gasteiger partial charge is 0.342 e. The lowest BCUT2D eigenvalue weighted by atomic mass is 9.86. The van der Waals surface area contributed by atoms with Crippen LogP contribution in [0.15, 0.2) is 21.3 Å². The Kier molecular flexibility index (Phi) is 6.22. The predicted octanol–water partition coefficient (Wildman–Crippen LogP) is 4.94. The monoisotopic (exact) mass is 387 g/mol. The second-order valence-corrected chi connectivity index (χ2v) is 8.90. The van der Waals surface area contributed by atoms with Crippen LogP contribution < -0.4 is 0 Å². The summed E-state index contributed by atoms with van der Waals surface area (Å²) in [6.45, 7) is 1.74. The zero-order valence-corrected chi connectivity index (χ0v) is 16.8. The smallest absolute Gasteiger partial charge is 0.227 e. The lowest BCUT2D eigenvalue weighted by Gasteiger charge is -2.33. The highest BCUT2D eigenvalue weighted by Crippen LogP contribution is 2.28. The molecule has 2 fully saturated rings. The average molecular weight is 388 g/mol. The maximum absolute atomic E-state index is 12.7. The molecule has 27 heavy (non-hydrogen) atoms. The number of carbonyl (C=O) groups excluding carboxylic acids is 1. The predicted molar refractivity (Wildman–Crippen MR) is 106 cm³/mol. The molecule has 0 radical (unpaired) electrons. The molecule has 5 nitrogen and oxygen atoms in total. The van der Waals surface area contributed by atoms with Gasteiger partial charge in [-0.3, -0.25) is 4.79 Å². The van der Waals surface area contributed by atoms with Gasteiger partial charge in [-0.15, -0.1) is 0 Å². The summed E-state index contributed by atoms with van der Waals surface area (Å²) in [7, 11) is 0. The fourth-order valence-corrected chi connectivity index (χ4v) is 5.15. The molecule has 1 saturated heterocycles. The van der Waals surface area contributed by atoms with Crippen LogP contribution in [0.1, 0.15) is 63.7 Å². The molecule has 0 bridgehead atoms. The molecule has 2 aliphatic rings. The fourth-order valence-electron chi connectivity index (χ4n) is 4.51. The molecule has 1 amide bonds. The first kappa shape index (κ1) is 18.7. The van der Waals surface area contributed by atoms with Crippen molar-refractivity contribution in [1.29, 1.82) is 0 Å². The highest BCUT2D eigenvalue weighted by Gasteiger charge is 2.26. The number of rotatable bonds is 6. The number of aromatic nitrogens is 2. The van der Waals surface area contributed by atoms with Crippen molar-refractivity contribution in [1.82, 2.24) is 15.0 Å². The summed E-state index contributed by atoms with van der Waals surface area (Å²) in [6, 6.07) is 2.01. The van der Waals surface area contributed by atoms with Crippen molar-refractivity contribution < 1.29 is 9.32 Å². The van der Waals surface area contributed by atoms with E-state index in [1.54, 1.807) is 11.3 Å². The SMILES string of the molecule is O=C(CCC1CCCCC1)N1CCCC(Cc2nc(-c3ccsc3)no2)C1. The second-order valence-electron chi connectivity index (χ2n) is 8.12. The first-order chi connectivity index (χ1) is 13.3. The number of amides is 1. The van der Waals surface area contributed by atoms with Gasteiger partial charge in [0.2, 0.25) is 17.6 Å². The van der Waals surface area contributed by atoms with Gasteiger partial charge >= 0.3 is 0 Å². The van der Waals surface area contributed by atoms with Gasteiger partial charge in [0.1, 0.15) is 0 Å². The quantitative estimate of drug-likeness (QED) is 0.704. The van der Waals surface area contributed by atoms with Crippen LogP contribution in [0.5, 0.6) is 0 Å². The Morgan fingerprint density at radius 2 is 2.04 bits per heavy atom. The molecule has 0 spiro atoms. The van der Waals surface area contributed by atoms with Crippen LogP contribution in [0.3, 0.4) is 0 Å². The first-order valence-electron chi connectivity index (χ1n) is 10.4. The van der Waals surface area contributed by atoms with E-state index in [4.69, 9.17) is 4.52 Å². The molecule has 1 aliphatic heterocycles. The number of nitrogens with zero attached hydrogens (tertiary/aromatic N) is 3. The maximum atomic E-state index is 12.7. The Labute approximate surface area is 165 Å². The van der Waals surface area contributed by atoms with Gasteiger partial charge in [0, 0.05) is 36.9 Å². The Morgan fingerprint density at radius 3 is 2.85 bits per heavy atom. The van der Waals surface area contributed by atoms with Gasteiger partial charge in [0.15, 0.2) is 0 Å².